The van der Waals surface area contributed by atoms with E-state index in [9.17, 15) is 0 Å². The molecule has 0 radical (unpaired) electrons. The first-order valence-corrected chi connectivity index (χ1v) is 16.1. The van der Waals surface area contributed by atoms with Crippen LogP contribution in [-0.2, 0) is 11.0 Å². The fourth-order valence-electron chi connectivity index (χ4n) is 9.96. The highest BCUT2D eigenvalue weighted by molar-refractivity contribution is 6.07. The van der Waals surface area contributed by atoms with Gasteiger partial charge >= 0.3 is 0 Å². The highest BCUT2D eigenvalue weighted by Gasteiger charge is 2.71. The maximum Gasteiger partial charge on any atom is 0.292 e. The molecule has 6 aliphatic rings. The van der Waals surface area contributed by atoms with Gasteiger partial charge in [-0.1, -0.05) is 62.4 Å². The molecule has 218 valence electrons. The molecule has 12 rings (SSSR count). The Balaban J connectivity index is 1.35. The molecule has 4 aromatic carbocycles. The monoisotopic (exact) mass is 594 g/mol. The van der Waals surface area contributed by atoms with E-state index in [2.05, 4.69) is 143 Å². The highest BCUT2D eigenvalue weighted by Crippen LogP contribution is 2.70. The largest absolute Gasteiger partial charge is 0.456 e. The summed E-state index contributed by atoms with van der Waals surface area (Å²) in [6.45, 7) is 4.78. The van der Waals surface area contributed by atoms with Crippen molar-refractivity contribution in [2.45, 2.75) is 31.0 Å². The summed E-state index contributed by atoms with van der Waals surface area (Å²) in [7, 11) is 2.21. The van der Waals surface area contributed by atoms with Crippen molar-refractivity contribution in [3.8, 4) is 33.8 Å². The number of nitrogens with zero attached hydrogens (tertiary/aromatic N) is 5. The predicted molar refractivity (Wildman–Crippen MR) is 179 cm³/mol. The molecule has 0 aliphatic carbocycles. The molecule has 2 atom stereocenters. The third-order valence-corrected chi connectivity index (χ3v) is 11.6. The van der Waals surface area contributed by atoms with Crippen LogP contribution < -0.4 is 24.0 Å². The number of rotatable bonds is 0. The Bertz CT molecular complexity index is 2450. The van der Waals surface area contributed by atoms with Crippen LogP contribution in [0.25, 0.3) is 22.3 Å². The van der Waals surface area contributed by atoms with Gasteiger partial charge in [-0.2, -0.15) is 4.90 Å². The van der Waals surface area contributed by atoms with Gasteiger partial charge in [-0.15, -0.1) is 0 Å². The van der Waals surface area contributed by atoms with Crippen LogP contribution in [0.15, 0.2) is 109 Å². The van der Waals surface area contributed by atoms with Crippen LogP contribution in [-0.4, -0.2) is 18.2 Å². The molecule has 6 aliphatic heterocycles. The summed E-state index contributed by atoms with van der Waals surface area (Å²) in [6, 6.07) is 35.7. The zero-order valence-electron chi connectivity index (χ0n) is 25.6. The molecule has 8 heterocycles. The van der Waals surface area contributed by atoms with Crippen molar-refractivity contribution in [3.63, 3.8) is 0 Å². The molecule has 2 unspecified atom stereocenters. The number of para-hydroxylation sites is 1. The second-order valence-corrected chi connectivity index (χ2v) is 13.9. The van der Waals surface area contributed by atoms with Gasteiger partial charge in [-0.3, -0.25) is 0 Å². The normalized spacial score (nSPS) is 21.5. The topological polar surface area (TPSA) is 35.7 Å². The van der Waals surface area contributed by atoms with Gasteiger partial charge in [0.05, 0.1) is 34.3 Å². The van der Waals surface area contributed by atoms with Crippen molar-refractivity contribution in [1.82, 2.24) is 4.98 Å². The van der Waals surface area contributed by atoms with Crippen molar-refractivity contribution in [2.24, 2.45) is 0 Å². The molecular formula is C40H28N5O+. The van der Waals surface area contributed by atoms with E-state index in [0.717, 1.165) is 23.0 Å². The van der Waals surface area contributed by atoms with E-state index in [1.54, 1.807) is 0 Å². The van der Waals surface area contributed by atoms with Crippen molar-refractivity contribution in [2.75, 3.05) is 21.7 Å². The third kappa shape index (κ3) is 2.22. The molecule has 0 saturated heterocycles. The zero-order chi connectivity index (χ0) is 30.3. The van der Waals surface area contributed by atoms with Crippen LogP contribution in [0.2, 0.25) is 0 Å². The summed E-state index contributed by atoms with van der Waals surface area (Å²) < 4.78 is 9.59. The van der Waals surface area contributed by atoms with Gasteiger partial charge in [-0.25, -0.2) is 9.55 Å². The van der Waals surface area contributed by atoms with Gasteiger partial charge in [0.15, 0.2) is 17.7 Å². The number of hydrogen-bond donors (Lipinski definition) is 0. The molecule has 0 N–H and O–H groups in total. The first-order valence-electron chi connectivity index (χ1n) is 16.1. The van der Waals surface area contributed by atoms with Gasteiger partial charge in [-0.05, 0) is 59.7 Å². The predicted octanol–water partition coefficient (Wildman–Crippen LogP) is 8.26. The second-order valence-electron chi connectivity index (χ2n) is 13.9. The highest BCUT2D eigenvalue weighted by atomic mass is 16.5. The molecule has 1 spiro atoms. The van der Waals surface area contributed by atoms with Crippen LogP contribution in [0.5, 0.6) is 11.5 Å². The Kier molecular flexibility index (Phi) is 3.74. The SMILES string of the molecule is CN1c2ncccc2N2c3cccc4c3C3(c5c(ccc6c5N5c7c(cccc7C(C)(C)c7ccc[n+]3c75)-c3ccccc3-6)O4)C12. The van der Waals surface area contributed by atoms with E-state index >= 15 is 0 Å². The molecule has 0 bridgehead atoms. The zero-order valence-corrected chi connectivity index (χ0v) is 25.6. The van der Waals surface area contributed by atoms with Gasteiger partial charge in [0.1, 0.15) is 17.2 Å². The lowest BCUT2D eigenvalue weighted by Gasteiger charge is -2.49. The number of aromatic nitrogens is 2. The van der Waals surface area contributed by atoms with E-state index in [-0.39, 0.29) is 11.6 Å². The maximum absolute atomic E-state index is 6.99. The van der Waals surface area contributed by atoms with E-state index < -0.39 is 5.54 Å². The smallest absolute Gasteiger partial charge is 0.292 e. The number of hydrogen-bond acceptors (Lipinski definition) is 5. The Morgan fingerprint density at radius 2 is 1.43 bits per heavy atom. The summed E-state index contributed by atoms with van der Waals surface area (Å²) >= 11 is 0. The number of anilines is 6. The number of fused-ring (bicyclic) bond motifs is 7. The fourth-order valence-corrected chi connectivity index (χ4v) is 9.96. The molecule has 6 heteroatoms. The minimum absolute atomic E-state index is 0.0976. The Morgan fingerprint density at radius 1 is 0.696 bits per heavy atom. The summed E-state index contributed by atoms with van der Waals surface area (Å²) in [6.07, 6.45) is 4.13. The average Bonchev–Trinajstić information content (AvgIpc) is 3.51. The molecule has 46 heavy (non-hydrogen) atoms. The van der Waals surface area contributed by atoms with Crippen molar-refractivity contribution in [1.29, 1.82) is 0 Å². The second kappa shape index (κ2) is 7.26. The Labute approximate surface area is 266 Å². The Morgan fingerprint density at radius 3 is 2.30 bits per heavy atom. The lowest BCUT2D eigenvalue weighted by molar-refractivity contribution is -0.735. The van der Waals surface area contributed by atoms with E-state index in [0.29, 0.717) is 0 Å². The quantitative estimate of drug-likeness (QED) is 0.165. The molecule has 0 saturated carbocycles. The Hall–Kier alpha value is -5.62. The number of benzene rings is 4. The minimum atomic E-state index is -0.621. The third-order valence-electron chi connectivity index (χ3n) is 11.6. The van der Waals surface area contributed by atoms with Gasteiger partial charge in [0.2, 0.25) is 5.54 Å². The van der Waals surface area contributed by atoms with E-state index in [4.69, 9.17) is 9.72 Å². The fraction of sp³-hybridized carbons (Fsp3) is 0.150. The molecule has 0 amide bonds. The van der Waals surface area contributed by atoms with Gasteiger partial charge < -0.3 is 14.5 Å². The lowest BCUT2D eigenvalue weighted by atomic mass is 9.70. The maximum atomic E-state index is 6.99. The standard InChI is InChI=1S/C40H28N5O/c1-39(2)26-13-6-12-24-22-10-4-5-11-23(22)25-18-19-31-33-35(25)45(34(24)26)37-27(39)14-9-21-43(37)40(33)32-28(15-7-17-30(32)46-31)44-29-16-8-20-41-36(29)42(3)38(40)44/h4-21,38H,1-3H3/q+1. The molecule has 2 aromatic heterocycles. The van der Waals surface area contributed by atoms with Crippen molar-refractivity contribution < 1.29 is 9.30 Å². The first-order chi connectivity index (χ1) is 22.5. The van der Waals surface area contributed by atoms with Crippen LogP contribution in [0.1, 0.15) is 36.1 Å². The van der Waals surface area contributed by atoms with E-state index in [1.165, 1.54) is 67.4 Å². The summed E-state index contributed by atoms with van der Waals surface area (Å²) in [5, 5.41) is 0. The number of pyridine rings is 2. The summed E-state index contributed by atoms with van der Waals surface area (Å²) in [5.74, 6) is 4.06. The van der Waals surface area contributed by atoms with Crippen molar-refractivity contribution in [3.05, 3.63) is 132 Å². The molecule has 6 nitrogen and oxygen atoms in total. The number of likely N-dealkylation sites (N-methyl/N-ethyl adjacent to an activating group) is 1. The van der Waals surface area contributed by atoms with E-state index in [1.807, 2.05) is 6.20 Å². The van der Waals surface area contributed by atoms with Gasteiger partial charge in [0, 0.05) is 35.3 Å². The average molecular weight is 595 g/mol. The van der Waals surface area contributed by atoms with Crippen LogP contribution in [0, 0.1) is 0 Å². The van der Waals surface area contributed by atoms with Crippen LogP contribution >= 0.6 is 0 Å². The molecule has 0 fully saturated rings. The first kappa shape index (κ1) is 23.7. The summed E-state index contributed by atoms with van der Waals surface area (Å²) in [4.78, 5) is 12.4. The van der Waals surface area contributed by atoms with Crippen LogP contribution in [0.3, 0.4) is 0 Å². The van der Waals surface area contributed by atoms with Crippen LogP contribution in [0.4, 0.5) is 34.4 Å². The summed E-state index contributed by atoms with van der Waals surface area (Å²) in [5.41, 5.74) is 14.0. The number of ether oxygens (including phenoxy) is 1. The lowest BCUT2D eigenvalue weighted by Crippen LogP contribution is -2.71. The molecule has 6 aromatic rings. The van der Waals surface area contributed by atoms with Crippen molar-refractivity contribution >= 4 is 34.4 Å². The molecular weight excluding hydrogens is 566 g/mol. The minimum Gasteiger partial charge on any atom is -0.456 e. The van der Waals surface area contributed by atoms with Gasteiger partial charge in [0.25, 0.3) is 5.82 Å².